The van der Waals surface area contributed by atoms with Gasteiger partial charge in [-0.15, -0.1) is 11.3 Å². The smallest absolute Gasteiger partial charge is 0.347 e. The van der Waals surface area contributed by atoms with Gasteiger partial charge in [0, 0.05) is 19.2 Å². The van der Waals surface area contributed by atoms with E-state index < -0.39 is 0 Å². The minimum Gasteiger partial charge on any atom is -0.433 e. The van der Waals surface area contributed by atoms with Crippen LogP contribution < -0.4 is 16.1 Å². The summed E-state index contributed by atoms with van der Waals surface area (Å²) in [5, 5.41) is 2.38. The monoisotopic (exact) mass is 333 g/mol. The molecular formula is C15H15N3O4S. The predicted molar refractivity (Wildman–Crippen MR) is 87.0 cm³/mol. The van der Waals surface area contributed by atoms with Crippen LogP contribution in [0.2, 0.25) is 0 Å². The lowest BCUT2D eigenvalue weighted by Gasteiger charge is -2.25. The Balaban J connectivity index is 0.000000140. The molecule has 0 aromatic carbocycles. The van der Waals surface area contributed by atoms with Crippen LogP contribution in [-0.4, -0.2) is 23.1 Å². The maximum Gasteiger partial charge on any atom is 0.347 e. The van der Waals surface area contributed by atoms with Gasteiger partial charge in [0.25, 0.3) is 5.56 Å². The quantitative estimate of drug-likeness (QED) is 0.675. The SMILES string of the molecule is O=c1ccoc(N2CCCCC2)n1.O=c1ocnc2sccc12. The van der Waals surface area contributed by atoms with Crippen molar-refractivity contribution in [3.8, 4) is 0 Å². The van der Waals surface area contributed by atoms with Crippen LogP contribution in [0.1, 0.15) is 19.3 Å². The molecule has 120 valence electrons. The van der Waals surface area contributed by atoms with E-state index in [1.54, 1.807) is 6.07 Å². The first kappa shape index (κ1) is 15.4. The molecule has 1 fully saturated rings. The van der Waals surface area contributed by atoms with Gasteiger partial charge in [0.15, 0.2) is 6.39 Å². The summed E-state index contributed by atoms with van der Waals surface area (Å²) < 4.78 is 9.70. The van der Waals surface area contributed by atoms with Crippen LogP contribution >= 0.6 is 11.3 Å². The zero-order chi connectivity index (χ0) is 16.1. The van der Waals surface area contributed by atoms with Crippen molar-refractivity contribution in [1.29, 1.82) is 0 Å². The molecule has 0 spiro atoms. The molecule has 0 amide bonds. The van der Waals surface area contributed by atoms with Gasteiger partial charge in [-0.25, -0.2) is 9.78 Å². The zero-order valence-electron chi connectivity index (χ0n) is 12.3. The Morgan fingerprint density at radius 3 is 2.65 bits per heavy atom. The van der Waals surface area contributed by atoms with E-state index in [-0.39, 0.29) is 11.2 Å². The van der Waals surface area contributed by atoms with Gasteiger partial charge in [0.2, 0.25) is 0 Å². The molecule has 4 heterocycles. The van der Waals surface area contributed by atoms with Crippen molar-refractivity contribution in [3.05, 3.63) is 50.9 Å². The Hall–Kier alpha value is -2.48. The summed E-state index contributed by atoms with van der Waals surface area (Å²) in [5.74, 6) is 0. The van der Waals surface area contributed by atoms with Gasteiger partial charge < -0.3 is 13.7 Å². The van der Waals surface area contributed by atoms with Crippen LogP contribution in [0.25, 0.3) is 10.2 Å². The standard InChI is InChI=1S/C9H12N2O2.C6H3NO2S/c12-8-4-7-13-9(10-8)11-5-2-1-3-6-11;8-6-4-1-2-10-5(4)7-3-9-6/h4,7H,1-3,5-6H2;1-3H. The molecular weight excluding hydrogens is 318 g/mol. The van der Waals surface area contributed by atoms with E-state index in [2.05, 4.69) is 14.4 Å². The minimum absolute atomic E-state index is 0.230. The molecule has 0 saturated carbocycles. The normalized spacial score (nSPS) is 14.3. The van der Waals surface area contributed by atoms with Gasteiger partial charge in [-0.05, 0) is 30.7 Å². The second kappa shape index (κ2) is 7.19. The van der Waals surface area contributed by atoms with Gasteiger partial charge in [-0.2, -0.15) is 4.98 Å². The molecule has 1 saturated heterocycles. The van der Waals surface area contributed by atoms with E-state index >= 15 is 0 Å². The Morgan fingerprint density at radius 2 is 1.91 bits per heavy atom. The van der Waals surface area contributed by atoms with E-state index in [9.17, 15) is 9.59 Å². The van der Waals surface area contributed by atoms with Crippen molar-refractivity contribution in [1.82, 2.24) is 9.97 Å². The summed E-state index contributed by atoms with van der Waals surface area (Å²) in [6.07, 6.45) is 6.13. The number of fused-ring (bicyclic) bond motifs is 1. The summed E-state index contributed by atoms with van der Waals surface area (Å²) in [4.78, 5) is 32.2. The van der Waals surface area contributed by atoms with Gasteiger partial charge in [-0.3, -0.25) is 4.79 Å². The topological polar surface area (TPSA) is 89.4 Å². The first-order valence-corrected chi connectivity index (χ1v) is 8.14. The summed E-state index contributed by atoms with van der Waals surface area (Å²) >= 11 is 1.43. The molecule has 0 aliphatic carbocycles. The maximum atomic E-state index is 10.9. The van der Waals surface area contributed by atoms with Crippen LogP contribution in [-0.2, 0) is 0 Å². The molecule has 0 bridgehead atoms. The van der Waals surface area contributed by atoms with Crippen molar-refractivity contribution >= 4 is 27.6 Å². The van der Waals surface area contributed by atoms with Crippen LogP contribution in [0.15, 0.2) is 48.6 Å². The third-order valence-corrected chi connectivity index (χ3v) is 4.23. The van der Waals surface area contributed by atoms with Gasteiger partial charge in [-0.1, -0.05) is 0 Å². The fourth-order valence-electron chi connectivity index (χ4n) is 2.28. The lowest BCUT2D eigenvalue weighted by atomic mass is 10.1. The largest absolute Gasteiger partial charge is 0.433 e. The highest BCUT2D eigenvalue weighted by molar-refractivity contribution is 7.16. The van der Waals surface area contributed by atoms with Crippen molar-refractivity contribution in [3.63, 3.8) is 0 Å². The number of piperidine rings is 1. The Kier molecular flexibility index (Phi) is 4.82. The number of anilines is 1. The fourth-order valence-corrected chi connectivity index (χ4v) is 3.00. The number of rotatable bonds is 1. The number of hydrogen-bond acceptors (Lipinski definition) is 8. The lowest BCUT2D eigenvalue weighted by Crippen LogP contribution is -2.31. The zero-order valence-corrected chi connectivity index (χ0v) is 13.1. The van der Waals surface area contributed by atoms with Crippen LogP contribution in [0.5, 0.6) is 0 Å². The third kappa shape index (κ3) is 3.84. The van der Waals surface area contributed by atoms with E-state index in [1.807, 2.05) is 10.3 Å². The van der Waals surface area contributed by atoms with Gasteiger partial charge in [0.1, 0.15) is 11.1 Å². The third-order valence-electron chi connectivity index (χ3n) is 3.41. The number of aromatic nitrogens is 2. The first-order valence-electron chi connectivity index (χ1n) is 7.26. The lowest BCUT2D eigenvalue weighted by molar-refractivity contribution is 0.471. The first-order chi connectivity index (χ1) is 11.2. The van der Waals surface area contributed by atoms with Crippen LogP contribution in [0, 0.1) is 0 Å². The van der Waals surface area contributed by atoms with Crippen LogP contribution in [0.4, 0.5) is 6.01 Å². The highest BCUT2D eigenvalue weighted by Gasteiger charge is 2.13. The number of hydrogen-bond donors (Lipinski definition) is 0. The number of nitrogens with zero attached hydrogens (tertiary/aromatic N) is 3. The van der Waals surface area contributed by atoms with Crippen molar-refractivity contribution in [2.45, 2.75) is 19.3 Å². The molecule has 0 N–H and O–H groups in total. The van der Waals surface area contributed by atoms with Crippen molar-refractivity contribution in [2.24, 2.45) is 0 Å². The van der Waals surface area contributed by atoms with E-state index in [4.69, 9.17) is 4.42 Å². The van der Waals surface area contributed by atoms with Gasteiger partial charge in [0.05, 0.1) is 5.39 Å². The molecule has 8 heteroatoms. The van der Waals surface area contributed by atoms with Crippen molar-refractivity contribution in [2.75, 3.05) is 18.0 Å². The Bertz CT molecular complexity index is 880. The van der Waals surface area contributed by atoms with Crippen molar-refractivity contribution < 1.29 is 8.83 Å². The van der Waals surface area contributed by atoms with Crippen LogP contribution in [0.3, 0.4) is 0 Å². The fraction of sp³-hybridized carbons (Fsp3) is 0.333. The molecule has 1 aliphatic heterocycles. The summed E-state index contributed by atoms with van der Waals surface area (Å²) in [5.41, 5.74) is -0.543. The van der Waals surface area contributed by atoms with E-state index in [1.165, 1.54) is 36.5 Å². The molecule has 3 aromatic rings. The Morgan fingerprint density at radius 1 is 1.09 bits per heavy atom. The summed E-state index contributed by atoms with van der Waals surface area (Å²) in [6.45, 7) is 1.89. The molecule has 0 unspecified atom stereocenters. The van der Waals surface area contributed by atoms with E-state index in [0.29, 0.717) is 11.4 Å². The molecule has 1 aliphatic rings. The molecule has 0 atom stereocenters. The summed E-state index contributed by atoms with van der Waals surface area (Å²) in [7, 11) is 0. The average Bonchev–Trinajstić information content (AvgIpc) is 3.07. The highest BCUT2D eigenvalue weighted by atomic mass is 32.1. The second-order valence-corrected chi connectivity index (χ2v) is 5.87. The summed E-state index contributed by atoms with van der Waals surface area (Å²) in [6, 6.07) is 3.50. The van der Waals surface area contributed by atoms with E-state index in [0.717, 1.165) is 30.8 Å². The Labute approximate surface area is 135 Å². The number of thiophene rings is 1. The molecule has 0 radical (unpaired) electrons. The molecule has 4 rings (SSSR count). The minimum atomic E-state index is -0.314. The van der Waals surface area contributed by atoms with Gasteiger partial charge >= 0.3 is 11.6 Å². The maximum absolute atomic E-state index is 10.9. The highest BCUT2D eigenvalue weighted by Crippen LogP contribution is 2.15. The molecule has 3 aromatic heterocycles. The second-order valence-electron chi connectivity index (χ2n) is 4.98. The molecule has 23 heavy (non-hydrogen) atoms. The average molecular weight is 333 g/mol. The predicted octanol–water partition coefficient (Wildman–Crippen LogP) is 2.27. The molecule has 7 nitrogen and oxygen atoms in total.